The first-order valence-electron chi connectivity index (χ1n) is 9.54. The summed E-state index contributed by atoms with van der Waals surface area (Å²) in [4.78, 5) is 14.3. The van der Waals surface area contributed by atoms with Crippen LogP contribution in [-0.2, 0) is 19.5 Å². The van der Waals surface area contributed by atoms with Crippen LogP contribution in [0.4, 0.5) is 4.39 Å². The van der Waals surface area contributed by atoms with Crippen LogP contribution >= 0.6 is 0 Å². The minimum atomic E-state index is -4.04. The number of methoxy groups -OCH3 is 1. The number of carbonyl (C=O) groups is 1. The Morgan fingerprint density at radius 1 is 1.29 bits per heavy atom. The number of amides is 1. The van der Waals surface area contributed by atoms with Crippen LogP contribution in [0.1, 0.15) is 37.0 Å². The highest BCUT2D eigenvalue weighted by atomic mass is 32.2. The molecule has 158 valence electrons. The molecule has 0 aromatic heterocycles. The van der Waals surface area contributed by atoms with E-state index in [0.717, 1.165) is 25.0 Å². The molecule has 1 saturated heterocycles. The van der Waals surface area contributed by atoms with Gasteiger partial charge >= 0.3 is 0 Å². The molecule has 0 radical (unpaired) electrons. The van der Waals surface area contributed by atoms with Crippen molar-refractivity contribution in [3.8, 4) is 0 Å². The molecule has 0 saturated carbocycles. The summed E-state index contributed by atoms with van der Waals surface area (Å²) < 4.78 is 51.6. The van der Waals surface area contributed by atoms with Crippen LogP contribution in [0.2, 0.25) is 0 Å². The van der Waals surface area contributed by atoms with Crippen molar-refractivity contribution in [3.05, 3.63) is 29.6 Å². The second-order valence-electron chi connectivity index (χ2n) is 6.62. The number of sulfonamides is 1. The van der Waals surface area contributed by atoms with Gasteiger partial charge in [0.2, 0.25) is 10.0 Å². The molecule has 2 rings (SSSR count). The predicted molar refractivity (Wildman–Crippen MR) is 103 cm³/mol. The second-order valence-corrected chi connectivity index (χ2v) is 8.53. The molecule has 1 fully saturated rings. The zero-order valence-electron chi connectivity index (χ0n) is 16.7. The fourth-order valence-corrected chi connectivity index (χ4v) is 4.79. The van der Waals surface area contributed by atoms with Gasteiger partial charge in [0.1, 0.15) is 10.7 Å². The lowest BCUT2D eigenvalue weighted by molar-refractivity contribution is 0.0589. The maximum Gasteiger partial charge on any atom is 0.254 e. The van der Waals surface area contributed by atoms with E-state index in [0.29, 0.717) is 13.2 Å². The lowest BCUT2D eigenvalue weighted by Crippen LogP contribution is -2.42. The standard InChI is InChI=1S/C19H29FN2O5S/c1-4-16(5-2)22(10-11-26-3)19(23)15-6-7-17(20)18(14-15)28(24,25)21-8-12-27-13-9-21/h6-7,14,16H,4-5,8-13H2,1-3H3. The van der Waals surface area contributed by atoms with Crippen LogP contribution < -0.4 is 0 Å². The first-order chi connectivity index (χ1) is 13.4. The molecule has 7 nitrogen and oxygen atoms in total. The van der Waals surface area contributed by atoms with Gasteiger partial charge in [-0.05, 0) is 31.0 Å². The molecule has 1 aliphatic rings. The lowest BCUT2D eigenvalue weighted by atomic mass is 10.1. The molecule has 28 heavy (non-hydrogen) atoms. The van der Waals surface area contributed by atoms with Crippen molar-refractivity contribution in [1.82, 2.24) is 9.21 Å². The van der Waals surface area contributed by atoms with E-state index in [1.54, 1.807) is 12.0 Å². The Bertz CT molecular complexity index is 762. The van der Waals surface area contributed by atoms with Crippen molar-refractivity contribution in [2.24, 2.45) is 0 Å². The summed E-state index contributed by atoms with van der Waals surface area (Å²) in [6.45, 7) is 5.56. The lowest BCUT2D eigenvalue weighted by Gasteiger charge is -2.31. The van der Waals surface area contributed by atoms with Gasteiger partial charge in [0, 0.05) is 38.3 Å². The average molecular weight is 417 g/mol. The summed E-state index contributed by atoms with van der Waals surface area (Å²) >= 11 is 0. The Balaban J connectivity index is 2.37. The van der Waals surface area contributed by atoms with Crippen LogP contribution in [0.25, 0.3) is 0 Å². The number of morpholine rings is 1. The fraction of sp³-hybridized carbons (Fsp3) is 0.632. The van der Waals surface area contributed by atoms with Crippen molar-refractivity contribution in [2.75, 3.05) is 46.6 Å². The van der Waals surface area contributed by atoms with Crippen molar-refractivity contribution in [2.45, 2.75) is 37.6 Å². The minimum Gasteiger partial charge on any atom is -0.383 e. The van der Waals surface area contributed by atoms with Crippen LogP contribution in [0.15, 0.2) is 23.1 Å². The average Bonchev–Trinajstić information content (AvgIpc) is 2.71. The molecule has 1 aliphatic heterocycles. The van der Waals surface area contributed by atoms with Crippen molar-refractivity contribution < 1.29 is 27.1 Å². The van der Waals surface area contributed by atoms with E-state index in [1.165, 1.54) is 10.4 Å². The van der Waals surface area contributed by atoms with Crippen molar-refractivity contribution in [1.29, 1.82) is 0 Å². The maximum atomic E-state index is 14.4. The van der Waals surface area contributed by atoms with Gasteiger partial charge in [0.15, 0.2) is 0 Å². The monoisotopic (exact) mass is 416 g/mol. The van der Waals surface area contributed by atoms with Gasteiger partial charge in [0.05, 0.1) is 19.8 Å². The first kappa shape index (κ1) is 22.7. The molecule has 0 bridgehead atoms. The van der Waals surface area contributed by atoms with E-state index in [-0.39, 0.29) is 43.8 Å². The van der Waals surface area contributed by atoms with Crippen LogP contribution in [0.5, 0.6) is 0 Å². The third-order valence-electron chi connectivity index (χ3n) is 4.95. The molecular weight excluding hydrogens is 387 g/mol. The van der Waals surface area contributed by atoms with Crippen molar-refractivity contribution >= 4 is 15.9 Å². The number of hydrogen-bond acceptors (Lipinski definition) is 5. The molecule has 1 heterocycles. The number of hydrogen-bond donors (Lipinski definition) is 0. The molecular formula is C19H29FN2O5S. The molecule has 0 N–H and O–H groups in total. The summed E-state index contributed by atoms with van der Waals surface area (Å²) in [5.41, 5.74) is 0.149. The van der Waals surface area contributed by atoms with Crippen molar-refractivity contribution in [3.63, 3.8) is 0 Å². The highest BCUT2D eigenvalue weighted by Gasteiger charge is 2.31. The van der Waals surface area contributed by atoms with E-state index in [4.69, 9.17) is 9.47 Å². The SMILES string of the molecule is CCC(CC)N(CCOC)C(=O)c1ccc(F)c(S(=O)(=O)N2CCOCC2)c1. The molecule has 0 spiro atoms. The molecule has 9 heteroatoms. The van der Waals surface area contributed by atoms with Crippen LogP contribution in [-0.4, -0.2) is 76.1 Å². The molecule has 0 atom stereocenters. The van der Waals surface area contributed by atoms with Gasteiger partial charge in [-0.15, -0.1) is 0 Å². The van der Waals surface area contributed by atoms with E-state index >= 15 is 0 Å². The van der Waals surface area contributed by atoms with Crippen LogP contribution in [0.3, 0.4) is 0 Å². The predicted octanol–water partition coefficient (Wildman–Crippen LogP) is 2.12. The van der Waals surface area contributed by atoms with Gasteiger partial charge in [-0.3, -0.25) is 4.79 Å². The fourth-order valence-electron chi connectivity index (χ4n) is 3.29. The van der Waals surface area contributed by atoms with Gasteiger partial charge < -0.3 is 14.4 Å². The van der Waals surface area contributed by atoms with E-state index in [1.807, 2.05) is 13.8 Å². The zero-order valence-corrected chi connectivity index (χ0v) is 17.5. The van der Waals surface area contributed by atoms with Gasteiger partial charge in [-0.25, -0.2) is 12.8 Å². The number of nitrogens with zero attached hydrogens (tertiary/aromatic N) is 2. The highest BCUT2D eigenvalue weighted by Crippen LogP contribution is 2.23. The summed E-state index contributed by atoms with van der Waals surface area (Å²) in [5.74, 6) is -1.20. The zero-order chi connectivity index (χ0) is 20.7. The first-order valence-corrected chi connectivity index (χ1v) is 11.0. The highest BCUT2D eigenvalue weighted by molar-refractivity contribution is 7.89. The summed E-state index contributed by atoms with van der Waals surface area (Å²) in [6.07, 6.45) is 1.51. The molecule has 0 aliphatic carbocycles. The molecule has 0 unspecified atom stereocenters. The Morgan fingerprint density at radius 3 is 2.50 bits per heavy atom. The number of rotatable bonds is 9. The van der Waals surface area contributed by atoms with E-state index in [2.05, 4.69) is 0 Å². The minimum absolute atomic E-state index is 0.00740. The normalized spacial score (nSPS) is 15.8. The molecule has 1 amide bonds. The third kappa shape index (κ3) is 5.08. The molecule has 1 aromatic rings. The molecule has 1 aromatic carbocycles. The van der Waals surface area contributed by atoms with Gasteiger partial charge in [-0.1, -0.05) is 13.8 Å². The van der Waals surface area contributed by atoms with Gasteiger partial charge in [0.25, 0.3) is 5.91 Å². The summed E-state index contributed by atoms with van der Waals surface area (Å²) in [7, 11) is -2.48. The second kappa shape index (κ2) is 10.3. The Hall–Kier alpha value is -1.55. The van der Waals surface area contributed by atoms with Gasteiger partial charge in [-0.2, -0.15) is 4.31 Å². The number of benzene rings is 1. The number of halogens is 1. The van der Waals surface area contributed by atoms with Crippen LogP contribution in [0, 0.1) is 5.82 Å². The topological polar surface area (TPSA) is 76.2 Å². The Labute approximate surface area is 166 Å². The summed E-state index contributed by atoms with van der Waals surface area (Å²) in [5, 5.41) is 0. The smallest absolute Gasteiger partial charge is 0.254 e. The number of ether oxygens (including phenoxy) is 2. The van der Waals surface area contributed by atoms with E-state index < -0.39 is 20.7 Å². The Morgan fingerprint density at radius 2 is 1.93 bits per heavy atom. The van der Waals surface area contributed by atoms with E-state index in [9.17, 15) is 17.6 Å². The quantitative estimate of drug-likeness (QED) is 0.616. The largest absolute Gasteiger partial charge is 0.383 e. The Kier molecular flexibility index (Phi) is 8.36. The number of carbonyl (C=O) groups excluding carboxylic acids is 1. The maximum absolute atomic E-state index is 14.4. The third-order valence-corrected chi connectivity index (χ3v) is 6.86. The summed E-state index contributed by atoms with van der Waals surface area (Å²) in [6, 6.07) is 3.51.